The lowest BCUT2D eigenvalue weighted by atomic mass is 9.87. The van der Waals surface area contributed by atoms with Crippen LogP contribution in [-0.4, -0.2) is 0 Å². The molecule has 0 aliphatic carbocycles. The lowest BCUT2D eigenvalue weighted by molar-refractivity contribution is 1.29. The topological polar surface area (TPSA) is 3.24 Å². The van der Waals surface area contributed by atoms with Gasteiger partial charge >= 0.3 is 0 Å². The van der Waals surface area contributed by atoms with Crippen molar-refractivity contribution < 1.29 is 0 Å². The first kappa shape index (κ1) is 34.0. The van der Waals surface area contributed by atoms with Crippen LogP contribution in [0.1, 0.15) is 0 Å². The summed E-state index contributed by atoms with van der Waals surface area (Å²) in [4.78, 5) is 2.46. The Balaban J connectivity index is 1.16. The van der Waals surface area contributed by atoms with Gasteiger partial charge in [-0.15, -0.1) is 11.3 Å². The Labute approximate surface area is 342 Å². The molecule has 0 saturated heterocycles. The molecule has 0 bridgehead atoms. The number of benzene rings is 10. The van der Waals surface area contributed by atoms with Crippen LogP contribution in [-0.2, 0) is 0 Å². The van der Waals surface area contributed by atoms with Crippen LogP contribution in [0.3, 0.4) is 0 Å². The fraction of sp³-hybridized carbons (Fsp3) is 0. The quantitative estimate of drug-likeness (QED) is 0.146. The number of hydrogen-bond donors (Lipinski definition) is 0. The van der Waals surface area contributed by atoms with Gasteiger partial charge in [0.1, 0.15) is 0 Å². The van der Waals surface area contributed by atoms with Crippen molar-refractivity contribution in [1.82, 2.24) is 0 Å². The molecule has 0 aliphatic heterocycles. The number of anilines is 3. The molecule has 10 aromatic carbocycles. The highest BCUT2D eigenvalue weighted by atomic mass is 32.1. The molecule has 272 valence electrons. The zero-order valence-electron chi connectivity index (χ0n) is 31.7. The van der Waals surface area contributed by atoms with E-state index in [4.69, 9.17) is 0 Å². The summed E-state index contributed by atoms with van der Waals surface area (Å²) in [5, 5.41) is 7.61. The van der Waals surface area contributed by atoms with Crippen LogP contribution in [0.15, 0.2) is 224 Å². The van der Waals surface area contributed by atoms with Gasteiger partial charge in [0.25, 0.3) is 0 Å². The fourth-order valence-electron chi connectivity index (χ4n) is 8.81. The monoisotopic (exact) mass is 755 g/mol. The molecular formula is C56H37NS. The molecule has 1 heterocycles. The van der Waals surface area contributed by atoms with Gasteiger partial charge in [-0.3, -0.25) is 0 Å². The Morgan fingerprint density at radius 2 is 0.862 bits per heavy atom. The predicted octanol–water partition coefficient (Wildman–Crippen LogP) is 16.5. The maximum Gasteiger partial charge on any atom is 0.0546 e. The SMILES string of the molecule is c1ccc(-c2ccccc2-c2c(-c3ccccc3)cccc2N(c2ccc(-c3cccc4sc5ccccc5c34)cc2)c2ccc3c(ccc4ccccc43)c2)cc1. The third kappa shape index (κ3) is 5.86. The first-order chi connectivity index (χ1) is 28.8. The first-order valence-corrected chi connectivity index (χ1v) is 20.7. The van der Waals surface area contributed by atoms with Crippen LogP contribution in [0.2, 0.25) is 0 Å². The predicted molar refractivity (Wildman–Crippen MR) is 251 cm³/mol. The van der Waals surface area contributed by atoms with Gasteiger partial charge in [0.05, 0.1) is 5.69 Å². The molecule has 0 unspecified atom stereocenters. The highest BCUT2D eigenvalue weighted by molar-refractivity contribution is 7.25. The molecule has 0 N–H and O–H groups in total. The van der Waals surface area contributed by atoms with E-state index in [1.54, 1.807) is 0 Å². The minimum atomic E-state index is 1.09. The summed E-state index contributed by atoms with van der Waals surface area (Å²) >= 11 is 1.86. The highest BCUT2D eigenvalue weighted by Gasteiger charge is 2.23. The number of rotatable bonds is 7. The number of hydrogen-bond acceptors (Lipinski definition) is 2. The molecule has 1 nitrogen and oxygen atoms in total. The van der Waals surface area contributed by atoms with Gasteiger partial charge in [-0.1, -0.05) is 182 Å². The van der Waals surface area contributed by atoms with E-state index in [2.05, 4.69) is 229 Å². The Bertz CT molecular complexity index is 3270. The molecule has 0 saturated carbocycles. The maximum atomic E-state index is 2.46. The van der Waals surface area contributed by atoms with E-state index in [9.17, 15) is 0 Å². The fourth-order valence-corrected chi connectivity index (χ4v) is 9.94. The van der Waals surface area contributed by atoms with Crippen LogP contribution in [0.5, 0.6) is 0 Å². The van der Waals surface area contributed by atoms with E-state index in [1.807, 2.05) is 11.3 Å². The van der Waals surface area contributed by atoms with Gasteiger partial charge in [0, 0.05) is 37.1 Å². The van der Waals surface area contributed by atoms with Crippen molar-refractivity contribution in [3.05, 3.63) is 224 Å². The lowest BCUT2D eigenvalue weighted by Gasteiger charge is -2.30. The molecule has 0 fully saturated rings. The van der Waals surface area contributed by atoms with Gasteiger partial charge in [-0.25, -0.2) is 0 Å². The minimum absolute atomic E-state index is 1.09. The largest absolute Gasteiger partial charge is 0.310 e. The van der Waals surface area contributed by atoms with Gasteiger partial charge < -0.3 is 4.90 Å². The molecule has 0 amide bonds. The van der Waals surface area contributed by atoms with Crippen molar-refractivity contribution in [2.24, 2.45) is 0 Å². The summed E-state index contributed by atoms with van der Waals surface area (Å²) in [6.45, 7) is 0. The van der Waals surface area contributed by atoms with E-state index in [0.29, 0.717) is 0 Å². The zero-order chi connectivity index (χ0) is 38.4. The smallest absolute Gasteiger partial charge is 0.0546 e. The lowest BCUT2D eigenvalue weighted by Crippen LogP contribution is -2.12. The molecule has 0 atom stereocenters. The maximum absolute atomic E-state index is 2.46. The molecule has 0 spiro atoms. The first-order valence-electron chi connectivity index (χ1n) is 19.8. The minimum Gasteiger partial charge on any atom is -0.310 e. The van der Waals surface area contributed by atoms with Crippen molar-refractivity contribution in [3.63, 3.8) is 0 Å². The van der Waals surface area contributed by atoms with Crippen LogP contribution in [0.25, 0.3) is 86.2 Å². The second-order valence-electron chi connectivity index (χ2n) is 14.8. The Morgan fingerprint density at radius 3 is 1.67 bits per heavy atom. The second kappa shape index (κ2) is 14.4. The third-order valence-electron chi connectivity index (χ3n) is 11.5. The highest BCUT2D eigenvalue weighted by Crippen LogP contribution is 2.49. The summed E-state index contributed by atoms with van der Waals surface area (Å²) in [6, 6.07) is 82.0. The summed E-state index contributed by atoms with van der Waals surface area (Å²) in [5.74, 6) is 0. The van der Waals surface area contributed by atoms with Crippen LogP contribution >= 0.6 is 11.3 Å². The molecule has 58 heavy (non-hydrogen) atoms. The molecule has 11 rings (SSSR count). The molecule has 11 aromatic rings. The third-order valence-corrected chi connectivity index (χ3v) is 12.6. The van der Waals surface area contributed by atoms with Crippen LogP contribution < -0.4 is 4.90 Å². The number of fused-ring (bicyclic) bond motifs is 6. The van der Waals surface area contributed by atoms with Gasteiger partial charge in [-0.2, -0.15) is 0 Å². The van der Waals surface area contributed by atoms with Crippen molar-refractivity contribution in [1.29, 1.82) is 0 Å². The Hall–Kier alpha value is -7.26. The van der Waals surface area contributed by atoms with Crippen molar-refractivity contribution in [2.45, 2.75) is 0 Å². The second-order valence-corrected chi connectivity index (χ2v) is 15.9. The number of thiophene rings is 1. The summed E-state index contributed by atoms with van der Waals surface area (Å²) in [6.07, 6.45) is 0. The summed E-state index contributed by atoms with van der Waals surface area (Å²) in [5.41, 5.74) is 12.9. The van der Waals surface area contributed by atoms with E-state index < -0.39 is 0 Å². The molecule has 0 radical (unpaired) electrons. The van der Waals surface area contributed by atoms with Crippen molar-refractivity contribution in [3.8, 4) is 44.5 Å². The average Bonchev–Trinajstić information content (AvgIpc) is 3.69. The Morgan fingerprint density at radius 1 is 0.310 bits per heavy atom. The van der Waals surface area contributed by atoms with Crippen LogP contribution in [0.4, 0.5) is 17.1 Å². The van der Waals surface area contributed by atoms with Crippen LogP contribution in [0, 0.1) is 0 Å². The van der Waals surface area contributed by atoms with Gasteiger partial charge in [0.15, 0.2) is 0 Å². The van der Waals surface area contributed by atoms with E-state index in [1.165, 1.54) is 86.2 Å². The van der Waals surface area contributed by atoms with E-state index in [-0.39, 0.29) is 0 Å². The van der Waals surface area contributed by atoms with E-state index in [0.717, 1.165) is 17.1 Å². The molecule has 1 aromatic heterocycles. The average molecular weight is 756 g/mol. The van der Waals surface area contributed by atoms with Gasteiger partial charge in [-0.05, 0) is 103 Å². The summed E-state index contributed by atoms with van der Waals surface area (Å²) in [7, 11) is 0. The molecule has 0 aliphatic rings. The van der Waals surface area contributed by atoms with E-state index >= 15 is 0 Å². The number of nitrogens with zero attached hydrogens (tertiary/aromatic N) is 1. The van der Waals surface area contributed by atoms with Gasteiger partial charge in [0.2, 0.25) is 0 Å². The molecular weight excluding hydrogens is 719 g/mol. The zero-order valence-corrected chi connectivity index (χ0v) is 32.5. The standard InChI is InChI=1S/C56H37NS/c1-3-15-38(16-4-1)46-21-9-10-22-50(46)55-48(39-17-5-2-6-18-39)24-13-26-52(55)57(44-35-36-47-42(37-44)30-29-40-19-7-8-20-45(40)47)43-33-31-41(32-34-43)49-25-14-28-54-56(49)51-23-11-12-27-53(51)58-54/h1-37H. The van der Waals surface area contributed by atoms with Crippen molar-refractivity contribution in [2.75, 3.05) is 4.90 Å². The summed E-state index contributed by atoms with van der Waals surface area (Å²) < 4.78 is 2.63. The Kier molecular flexibility index (Phi) is 8.42. The molecule has 2 heteroatoms. The van der Waals surface area contributed by atoms with Crippen molar-refractivity contribution >= 4 is 70.1 Å². The normalized spacial score (nSPS) is 11.4.